The average molecular weight is 304 g/mol. The minimum Gasteiger partial charge on any atom is -0.383 e. The van der Waals surface area contributed by atoms with Gasteiger partial charge in [0.1, 0.15) is 5.69 Å². The van der Waals surface area contributed by atoms with E-state index in [-0.39, 0.29) is 12.2 Å². The highest BCUT2D eigenvalue weighted by molar-refractivity contribution is 9.10. The van der Waals surface area contributed by atoms with Crippen molar-refractivity contribution in [3.05, 3.63) is 16.4 Å². The van der Waals surface area contributed by atoms with Crippen LogP contribution in [0.2, 0.25) is 0 Å². The predicted octanol–water partition coefficient (Wildman–Crippen LogP) is 1.60. The van der Waals surface area contributed by atoms with Crippen LogP contribution in [0.3, 0.4) is 0 Å². The lowest BCUT2D eigenvalue weighted by atomic mass is 9.98. The number of carbonyl (C=O) groups is 1. The summed E-state index contributed by atoms with van der Waals surface area (Å²) in [5, 5.41) is 4.13. The Labute approximate surface area is 109 Å². The number of hydrogen-bond acceptors (Lipinski definition) is 4. The summed E-state index contributed by atoms with van der Waals surface area (Å²) in [5.74, 6) is -0.0158. The van der Waals surface area contributed by atoms with Crippen LogP contribution in [0.4, 0.5) is 0 Å². The van der Waals surface area contributed by atoms with E-state index < -0.39 is 5.54 Å². The molecule has 1 aromatic rings. The van der Waals surface area contributed by atoms with Gasteiger partial charge in [-0.05, 0) is 29.8 Å². The molecular weight excluding hydrogens is 286 g/mol. The molecule has 0 aliphatic carbocycles. The molecule has 0 radical (unpaired) electrons. The Morgan fingerprint density at radius 2 is 2.29 bits per heavy atom. The number of Topliss-reactive ketones (excluding diaryl/α,β-unsaturated/α-hetero) is 1. The molecule has 17 heavy (non-hydrogen) atoms. The maximum atomic E-state index is 12.1. The smallest absolute Gasteiger partial charge is 0.183 e. The van der Waals surface area contributed by atoms with Gasteiger partial charge < -0.3 is 10.5 Å². The van der Waals surface area contributed by atoms with Crippen LogP contribution >= 0.6 is 15.9 Å². The van der Waals surface area contributed by atoms with Crippen molar-refractivity contribution < 1.29 is 9.53 Å². The zero-order valence-corrected chi connectivity index (χ0v) is 12.0. The number of ketones is 1. The second-order valence-corrected chi connectivity index (χ2v) is 5.50. The first kappa shape index (κ1) is 14.3. The molecule has 1 aromatic heterocycles. The van der Waals surface area contributed by atoms with Gasteiger partial charge in [0.15, 0.2) is 5.78 Å². The summed E-state index contributed by atoms with van der Waals surface area (Å²) in [5.41, 5.74) is 5.89. The van der Waals surface area contributed by atoms with Crippen LogP contribution in [-0.4, -0.2) is 34.8 Å². The second-order valence-electron chi connectivity index (χ2n) is 4.65. The van der Waals surface area contributed by atoms with Crippen LogP contribution in [0, 0.1) is 0 Å². The number of methoxy groups -OCH3 is 1. The topological polar surface area (TPSA) is 70.1 Å². The molecule has 0 saturated heterocycles. The zero-order chi connectivity index (χ0) is 13.1. The molecule has 0 aromatic carbocycles. The number of nitrogens with two attached hydrogens (primary N) is 1. The Bertz CT molecular complexity index is 396. The van der Waals surface area contributed by atoms with E-state index in [0.717, 1.165) is 0 Å². The SMILES string of the molecule is COCCn1ncc(Br)c1C(=O)CC(C)(C)N. The van der Waals surface area contributed by atoms with Crippen LogP contribution in [-0.2, 0) is 11.3 Å². The molecule has 0 saturated carbocycles. The molecule has 0 aliphatic heterocycles. The molecule has 96 valence electrons. The number of aromatic nitrogens is 2. The van der Waals surface area contributed by atoms with Crippen molar-refractivity contribution in [1.29, 1.82) is 0 Å². The summed E-state index contributed by atoms with van der Waals surface area (Å²) < 4.78 is 7.32. The summed E-state index contributed by atoms with van der Waals surface area (Å²) in [6.45, 7) is 4.72. The van der Waals surface area contributed by atoms with Crippen molar-refractivity contribution in [3.63, 3.8) is 0 Å². The summed E-state index contributed by atoms with van der Waals surface area (Å²) in [6.07, 6.45) is 1.90. The van der Waals surface area contributed by atoms with Crippen LogP contribution in [0.15, 0.2) is 10.7 Å². The Morgan fingerprint density at radius 3 is 2.82 bits per heavy atom. The maximum Gasteiger partial charge on any atom is 0.183 e. The normalized spacial score (nSPS) is 11.8. The molecule has 0 amide bonds. The standard InChI is InChI=1S/C11H18BrN3O2/c1-11(2,13)6-9(16)10-8(12)7-14-15(10)4-5-17-3/h7H,4-6,13H2,1-3H3. The van der Waals surface area contributed by atoms with E-state index >= 15 is 0 Å². The van der Waals surface area contributed by atoms with Crippen molar-refractivity contribution >= 4 is 21.7 Å². The largest absolute Gasteiger partial charge is 0.383 e. The Balaban J connectivity index is 2.88. The minimum atomic E-state index is -0.521. The van der Waals surface area contributed by atoms with Crippen LogP contribution < -0.4 is 5.73 Å². The molecule has 0 unspecified atom stereocenters. The van der Waals surface area contributed by atoms with E-state index in [1.807, 2.05) is 13.8 Å². The van der Waals surface area contributed by atoms with Gasteiger partial charge >= 0.3 is 0 Å². The number of nitrogens with zero attached hydrogens (tertiary/aromatic N) is 2. The monoisotopic (exact) mass is 303 g/mol. The van der Waals surface area contributed by atoms with Gasteiger partial charge in [-0.3, -0.25) is 9.48 Å². The van der Waals surface area contributed by atoms with Crippen molar-refractivity contribution in [1.82, 2.24) is 9.78 Å². The average Bonchev–Trinajstić information content (AvgIpc) is 2.54. The number of halogens is 1. The second kappa shape index (κ2) is 5.75. The van der Waals surface area contributed by atoms with Gasteiger partial charge in [-0.2, -0.15) is 5.10 Å². The van der Waals surface area contributed by atoms with Gasteiger partial charge in [0, 0.05) is 19.1 Å². The Hall–Kier alpha value is -0.720. The molecule has 2 N–H and O–H groups in total. The van der Waals surface area contributed by atoms with Gasteiger partial charge in [-0.1, -0.05) is 0 Å². The van der Waals surface area contributed by atoms with Gasteiger partial charge in [0.05, 0.1) is 23.8 Å². The summed E-state index contributed by atoms with van der Waals surface area (Å²) in [6, 6.07) is 0. The fourth-order valence-electron chi connectivity index (χ4n) is 1.48. The lowest BCUT2D eigenvalue weighted by molar-refractivity contribution is 0.0945. The fraction of sp³-hybridized carbons (Fsp3) is 0.636. The molecule has 6 heteroatoms. The van der Waals surface area contributed by atoms with Gasteiger partial charge in [0.2, 0.25) is 0 Å². The van der Waals surface area contributed by atoms with E-state index in [1.54, 1.807) is 18.0 Å². The van der Waals surface area contributed by atoms with Crippen molar-refractivity contribution in [3.8, 4) is 0 Å². The van der Waals surface area contributed by atoms with Crippen LogP contribution in [0.5, 0.6) is 0 Å². The zero-order valence-electron chi connectivity index (χ0n) is 10.4. The van der Waals surface area contributed by atoms with Crippen LogP contribution in [0.25, 0.3) is 0 Å². The summed E-state index contributed by atoms with van der Waals surface area (Å²) in [4.78, 5) is 12.1. The van der Waals surface area contributed by atoms with Gasteiger partial charge in [0.25, 0.3) is 0 Å². The third-order valence-corrected chi connectivity index (χ3v) is 2.76. The van der Waals surface area contributed by atoms with E-state index in [9.17, 15) is 4.79 Å². The maximum absolute atomic E-state index is 12.1. The summed E-state index contributed by atoms with van der Waals surface area (Å²) in [7, 11) is 1.61. The van der Waals surface area contributed by atoms with E-state index in [2.05, 4.69) is 21.0 Å². The highest BCUT2D eigenvalue weighted by atomic mass is 79.9. The molecule has 0 atom stereocenters. The van der Waals surface area contributed by atoms with Crippen molar-refractivity contribution in [2.24, 2.45) is 5.73 Å². The van der Waals surface area contributed by atoms with Crippen molar-refractivity contribution in [2.45, 2.75) is 32.4 Å². The quantitative estimate of drug-likeness (QED) is 0.811. The van der Waals surface area contributed by atoms with E-state index in [1.165, 1.54) is 0 Å². The third kappa shape index (κ3) is 4.22. The molecule has 1 rings (SSSR count). The van der Waals surface area contributed by atoms with Crippen LogP contribution in [0.1, 0.15) is 30.8 Å². The Kier molecular flexibility index (Phi) is 4.85. The van der Waals surface area contributed by atoms with Crippen molar-refractivity contribution in [2.75, 3.05) is 13.7 Å². The lowest BCUT2D eigenvalue weighted by Crippen LogP contribution is -2.35. The molecule has 0 fully saturated rings. The summed E-state index contributed by atoms with van der Waals surface area (Å²) >= 11 is 3.33. The minimum absolute atomic E-state index is 0.0158. The first-order valence-electron chi connectivity index (χ1n) is 5.37. The first-order chi connectivity index (χ1) is 7.85. The first-order valence-corrected chi connectivity index (χ1v) is 6.17. The molecule has 5 nitrogen and oxygen atoms in total. The molecular formula is C11H18BrN3O2. The molecule has 0 spiro atoms. The molecule has 0 aliphatic rings. The number of ether oxygens (including phenoxy) is 1. The predicted molar refractivity (Wildman–Crippen MR) is 69.0 cm³/mol. The van der Waals surface area contributed by atoms with Gasteiger partial charge in [-0.15, -0.1) is 0 Å². The fourth-order valence-corrected chi connectivity index (χ4v) is 2.00. The number of rotatable bonds is 6. The number of carbonyl (C=O) groups excluding carboxylic acids is 1. The molecule has 1 heterocycles. The lowest BCUT2D eigenvalue weighted by Gasteiger charge is -2.17. The molecule has 0 bridgehead atoms. The Morgan fingerprint density at radius 1 is 1.65 bits per heavy atom. The number of hydrogen-bond donors (Lipinski definition) is 1. The third-order valence-electron chi connectivity index (χ3n) is 2.18. The van der Waals surface area contributed by atoms with E-state index in [4.69, 9.17) is 10.5 Å². The highest BCUT2D eigenvalue weighted by Gasteiger charge is 2.23. The highest BCUT2D eigenvalue weighted by Crippen LogP contribution is 2.20. The van der Waals surface area contributed by atoms with Gasteiger partial charge in [-0.25, -0.2) is 0 Å². The van der Waals surface area contributed by atoms with E-state index in [0.29, 0.717) is 23.3 Å².